The molecular formula is C17H19OS. The molecule has 0 bridgehead atoms. The first kappa shape index (κ1) is 14.0. The highest BCUT2D eigenvalue weighted by molar-refractivity contribution is 7.99. The van der Waals surface area contributed by atoms with Gasteiger partial charge in [-0.15, -0.1) is 0 Å². The third-order valence-electron chi connectivity index (χ3n) is 2.76. The average Bonchev–Trinajstić information content (AvgIpc) is 2.46. The zero-order chi connectivity index (χ0) is 13.3. The summed E-state index contributed by atoms with van der Waals surface area (Å²) in [5, 5.41) is 0. The van der Waals surface area contributed by atoms with Gasteiger partial charge in [0.05, 0.1) is 11.5 Å². The highest BCUT2D eigenvalue weighted by Gasteiger charge is 2.04. The molecule has 0 saturated heterocycles. The summed E-state index contributed by atoms with van der Waals surface area (Å²) in [6, 6.07) is 19.4. The Labute approximate surface area is 120 Å². The van der Waals surface area contributed by atoms with E-state index in [2.05, 4.69) is 43.3 Å². The molecule has 0 saturated carbocycles. The third kappa shape index (κ3) is 4.64. The van der Waals surface area contributed by atoms with E-state index in [4.69, 9.17) is 4.74 Å². The van der Waals surface area contributed by atoms with Gasteiger partial charge in [-0.25, -0.2) is 0 Å². The van der Waals surface area contributed by atoms with Crippen molar-refractivity contribution in [2.45, 2.75) is 36.0 Å². The highest BCUT2D eigenvalue weighted by atomic mass is 32.2. The van der Waals surface area contributed by atoms with Gasteiger partial charge in [0.2, 0.25) is 0 Å². The van der Waals surface area contributed by atoms with E-state index in [1.807, 2.05) is 18.2 Å². The van der Waals surface area contributed by atoms with Crippen LogP contribution in [0, 0.1) is 6.07 Å². The van der Waals surface area contributed by atoms with Crippen molar-refractivity contribution >= 4 is 11.8 Å². The predicted molar refractivity (Wildman–Crippen MR) is 80.9 cm³/mol. The van der Waals surface area contributed by atoms with E-state index >= 15 is 0 Å². The lowest BCUT2D eigenvalue weighted by atomic mass is 10.3. The van der Waals surface area contributed by atoms with Gasteiger partial charge in [0, 0.05) is 4.90 Å². The molecule has 0 atom stereocenters. The summed E-state index contributed by atoms with van der Waals surface area (Å²) in [6.45, 7) is 2.99. The van der Waals surface area contributed by atoms with E-state index in [1.165, 1.54) is 17.7 Å². The maximum absolute atomic E-state index is 5.86. The number of unbranched alkanes of at least 4 members (excludes halogenated alkanes) is 2. The van der Waals surface area contributed by atoms with Crippen LogP contribution < -0.4 is 4.74 Å². The van der Waals surface area contributed by atoms with Crippen molar-refractivity contribution in [3.8, 4) is 5.75 Å². The van der Waals surface area contributed by atoms with E-state index < -0.39 is 0 Å². The molecule has 1 radical (unpaired) electrons. The number of rotatable bonds is 7. The first-order chi connectivity index (χ1) is 9.40. The smallest absolute Gasteiger partial charge is 0.133 e. The molecule has 1 nitrogen and oxygen atoms in total. The molecule has 19 heavy (non-hydrogen) atoms. The lowest BCUT2D eigenvalue weighted by Gasteiger charge is -2.10. The van der Waals surface area contributed by atoms with Gasteiger partial charge >= 0.3 is 0 Å². The summed E-state index contributed by atoms with van der Waals surface area (Å²) in [6.07, 6.45) is 3.55. The van der Waals surface area contributed by atoms with Crippen LogP contribution in [0.25, 0.3) is 0 Å². The average molecular weight is 271 g/mol. The third-order valence-corrected chi connectivity index (χ3v) is 3.83. The molecule has 0 fully saturated rings. The number of hydrogen-bond acceptors (Lipinski definition) is 2. The predicted octanol–water partition coefficient (Wildman–Crippen LogP) is 5.21. The maximum Gasteiger partial charge on any atom is 0.133 e. The van der Waals surface area contributed by atoms with Crippen molar-refractivity contribution in [1.82, 2.24) is 0 Å². The fourth-order valence-corrected chi connectivity index (χ4v) is 2.65. The second-order valence-corrected chi connectivity index (χ2v) is 5.46. The molecule has 0 N–H and O–H groups in total. The second kappa shape index (κ2) is 7.90. The Bertz CT molecular complexity index is 482. The molecule has 0 heterocycles. The first-order valence-electron chi connectivity index (χ1n) is 6.76. The Morgan fingerprint density at radius 1 is 1.11 bits per heavy atom. The largest absolute Gasteiger partial charge is 0.492 e. The topological polar surface area (TPSA) is 9.23 Å². The molecule has 2 heteroatoms. The molecule has 0 aliphatic heterocycles. The van der Waals surface area contributed by atoms with Crippen molar-refractivity contribution in [2.75, 3.05) is 6.61 Å². The standard InChI is InChI=1S/C17H19OS/c1-2-3-9-14-18-16-12-7-8-13-17(16)19-15-10-5-4-6-11-15/h4-6,8,10-13H,2-3,9,14H2,1H3. The lowest BCUT2D eigenvalue weighted by Crippen LogP contribution is -1.98. The molecule has 99 valence electrons. The SMILES string of the molecule is CCCCCOc1c[c]ccc1Sc1ccccc1. The van der Waals surface area contributed by atoms with E-state index in [-0.39, 0.29) is 0 Å². The summed E-state index contributed by atoms with van der Waals surface area (Å²) < 4.78 is 5.86. The zero-order valence-corrected chi connectivity index (χ0v) is 12.1. The van der Waals surface area contributed by atoms with E-state index in [9.17, 15) is 0 Å². The monoisotopic (exact) mass is 271 g/mol. The zero-order valence-electron chi connectivity index (χ0n) is 11.3. The Kier molecular flexibility index (Phi) is 5.83. The summed E-state index contributed by atoms with van der Waals surface area (Å²) >= 11 is 1.73. The lowest BCUT2D eigenvalue weighted by molar-refractivity contribution is 0.299. The Balaban J connectivity index is 2.00. The van der Waals surface area contributed by atoms with Gasteiger partial charge < -0.3 is 4.74 Å². The van der Waals surface area contributed by atoms with Crippen LogP contribution in [0.1, 0.15) is 26.2 Å². The van der Waals surface area contributed by atoms with Gasteiger partial charge in [0.25, 0.3) is 0 Å². The van der Waals surface area contributed by atoms with Crippen LogP contribution in [-0.2, 0) is 0 Å². The minimum Gasteiger partial charge on any atom is -0.492 e. The molecule has 2 aromatic rings. The number of hydrogen-bond donors (Lipinski definition) is 0. The summed E-state index contributed by atoms with van der Waals surface area (Å²) in [5.41, 5.74) is 0. The molecule has 0 spiro atoms. The molecular weight excluding hydrogens is 252 g/mol. The normalized spacial score (nSPS) is 10.4. The molecule has 2 aromatic carbocycles. The van der Waals surface area contributed by atoms with E-state index in [1.54, 1.807) is 11.8 Å². The van der Waals surface area contributed by atoms with Crippen LogP contribution in [-0.4, -0.2) is 6.61 Å². The van der Waals surface area contributed by atoms with Crippen molar-refractivity contribution in [1.29, 1.82) is 0 Å². The highest BCUT2D eigenvalue weighted by Crippen LogP contribution is 2.34. The molecule has 0 unspecified atom stereocenters. The van der Waals surface area contributed by atoms with Crippen LogP contribution in [0.2, 0.25) is 0 Å². The maximum atomic E-state index is 5.86. The Morgan fingerprint density at radius 3 is 2.74 bits per heavy atom. The minimum absolute atomic E-state index is 0.786. The number of benzene rings is 2. The van der Waals surface area contributed by atoms with Gasteiger partial charge in [-0.3, -0.25) is 0 Å². The van der Waals surface area contributed by atoms with Crippen LogP contribution >= 0.6 is 11.8 Å². The first-order valence-corrected chi connectivity index (χ1v) is 7.57. The fourth-order valence-electron chi connectivity index (χ4n) is 1.75. The Hall–Kier alpha value is -1.41. The Morgan fingerprint density at radius 2 is 1.95 bits per heavy atom. The number of ether oxygens (including phenoxy) is 1. The van der Waals surface area contributed by atoms with Gasteiger partial charge in [-0.2, -0.15) is 0 Å². The quantitative estimate of drug-likeness (QED) is 0.639. The summed E-state index contributed by atoms with van der Waals surface area (Å²) in [4.78, 5) is 2.38. The van der Waals surface area contributed by atoms with Crippen molar-refractivity contribution < 1.29 is 4.74 Å². The summed E-state index contributed by atoms with van der Waals surface area (Å²) in [7, 11) is 0. The van der Waals surface area contributed by atoms with Crippen molar-refractivity contribution in [3.05, 3.63) is 54.6 Å². The van der Waals surface area contributed by atoms with E-state index in [0.29, 0.717) is 0 Å². The van der Waals surface area contributed by atoms with Crippen LogP contribution in [0.4, 0.5) is 0 Å². The second-order valence-electron chi connectivity index (χ2n) is 4.34. The fraction of sp³-hybridized carbons (Fsp3) is 0.294. The van der Waals surface area contributed by atoms with Gasteiger partial charge in [-0.05, 0) is 36.8 Å². The molecule has 0 aliphatic carbocycles. The molecule has 2 rings (SSSR count). The summed E-state index contributed by atoms with van der Waals surface area (Å²) in [5.74, 6) is 0.937. The van der Waals surface area contributed by atoms with Gasteiger partial charge in [-0.1, -0.05) is 55.8 Å². The van der Waals surface area contributed by atoms with Crippen molar-refractivity contribution in [3.63, 3.8) is 0 Å². The van der Waals surface area contributed by atoms with Crippen molar-refractivity contribution in [2.24, 2.45) is 0 Å². The van der Waals surface area contributed by atoms with Gasteiger partial charge in [0.15, 0.2) is 0 Å². The van der Waals surface area contributed by atoms with Crippen LogP contribution in [0.5, 0.6) is 5.75 Å². The van der Waals surface area contributed by atoms with Crippen LogP contribution in [0.3, 0.4) is 0 Å². The van der Waals surface area contributed by atoms with Gasteiger partial charge in [0.1, 0.15) is 5.75 Å². The minimum atomic E-state index is 0.786. The molecule has 0 amide bonds. The van der Waals surface area contributed by atoms with Crippen LogP contribution in [0.15, 0.2) is 58.3 Å². The molecule has 0 aliphatic rings. The van der Waals surface area contributed by atoms with E-state index in [0.717, 1.165) is 23.7 Å². The molecule has 0 aromatic heterocycles.